The molecule has 0 saturated heterocycles. The summed E-state index contributed by atoms with van der Waals surface area (Å²) in [5.41, 5.74) is 1.63. The van der Waals surface area contributed by atoms with Crippen LogP contribution in [-0.2, 0) is 18.3 Å². The van der Waals surface area contributed by atoms with Crippen molar-refractivity contribution >= 4 is 19.3 Å². The van der Waals surface area contributed by atoms with Gasteiger partial charge in [0.1, 0.15) is 11.5 Å². The molecular weight excluding hydrogens is 421 g/mol. The first-order chi connectivity index (χ1) is 14.9. The molecule has 170 valence electrons. The Labute approximate surface area is 183 Å². The second kappa shape index (κ2) is 11.7. The molecule has 0 aliphatic heterocycles. The van der Waals surface area contributed by atoms with Crippen molar-refractivity contribution in [2.75, 3.05) is 39.4 Å². The van der Waals surface area contributed by atoms with Crippen molar-refractivity contribution in [1.29, 1.82) is 0 Å². The van der Waals surface area contributed by atoms with E-state index in [1.165, 1.54) is 7.11 Å². The van der Waals surface area contributed by atoms with Crippen LogP contribution in [0, 0.1) is 0 Å². The lowest BCUT2D eigenvalue weighted by Crippen LogP contribution is -2.16. The number of esters is 1. The third-order valence-electron chi connectivity index (χ3n) is 4.37. The minimum atomic E-state index is -3.65. The predicted octanol–water partition coefficient (Wildman–Crippen LogP) is 5.26. The number of carbonyl (C=O) groups is 1. The monoisotopic (exact) mass is 451 g/mol. The van der Waals surface area contributed by atoms with E-state index in [-0.39, 0.29) is 13.2 Å². The highest BCUT2D eigenvalue weighted by Gasteiger charge is 2.39. The van der Waals surface area contributed by atoms with E-state index >= 15 is 0 Å². The Bertz CT molecular complexity index is 891. The third-order valence-corrected chi connectivity index (χ3v) is 6.64. The van der Waals surface area contributed by atoms with Crippen LogP contribution in [0.3, 0.4) is 0 Å². The molecule has 8 nitrogen and oxygen atoms in total. The predicted molar refractivity (Wildman–Crippen MR) is 119 cm³/mol. The average Bonchev–Trinajstić information content (AvgIpc) is 2.78. The van der Waals surface area contributed by atoms with Crippen LogP contribution in [0.1, 0.15) is 42.5 Å². The van der Waals surface area contributed by atoms with Crippen molar-refractivity contribution in [3.05, 3.63) is 53.6 Å². The fraction of sp³-hybridized carbons (Fsp3) is 0.409. The quantitative estimate of drug-likeness (QED) is 0.345. The molecule has 0 aliphatic carbocycles. The molecule has 0 aromatic heterocycles. The van der Waals surface area contributed by atoms with Crippen molar-refractivity contribution in [3.8, 4) is 11.5 Å². The molecule has 0 heterocycles. The number of benzene rings is 2. The molecule has 2 aromatic carbocycles. The van der Waals surface area contributed by atoms with Gasteiger partial charge in [-0.25, -0.2) is 4.79 Å². The summed E-state index contributed by atoms with van der Waals surface area (Å²) >= 11 is 0. The number of anilines is 1. The fourth-order valence-corrected chi connectivity index (χ4v) is 4.95. The minimum Gasteiger partial charge on any atom is -0.497 e. The standard InChI is InChI=1S/C22H30NO7P/c1-6-28-22(24)16-9-11-17(12-10-16)23-21(31(25,29-7-2)30-8-3)19-14-13-18(26-4)15-20(19)27-5/h9-15,21,23H,6-8H2,1-5H3. The van der Waals surface area contributed by atoms with Gasteiger partial charge in [0, 0.05) is 17.3 Å². The van der Waals surface area contributed by atoms with Crippen LogP contribution in [0.25, 0.3) is 0 Å². The third kappa shape index (κ3) is 6.23. The van der Waals surface area contributed by atoms with E-state index in [1.807, 2.05) is 0 Å². The highest BCUT2D eigenvalue weighted by molar-refractivity contribution is 7.54. The first-order valence-corrected chi connectivity index (χ1v) is 11.7. The fourth-order valence-electron chi connectivity index (χ4n) is 2.99. The average molecular weight is 451 g/mol. The molecule has 0 amide bonds. The highest BCUT2D eigenvalue weighted by atomic mass is 31.2. The Morgan fingerprint density at radius 3 is 2.10 bits per heavy atom. The van der Waals surface area contributed by atoms with Gasteiger partial charge in [-0.15, -0.1) is 0 Å². The second-order valence-electron chi connectivity index (χ2n) is 6.33. The summed E-state index contributed by atoms with van der Waals surface area (Å²) in [6, 6.07) is 11.9. The molecule has 2 rings (SSSR count). The van der Waals surface area contributed by atoms with E-state index in [0.29, 0.717) is 34.9 Å². The summed E-state index contributed by atoms with van der Waals surface area (Å²) in [6.45, 7) is 5.96. The minimum absolute atomic E-state index is 0.204. The number of ether oxygens (including phenoxy) is 3. The summed E-state index contributed by atoms with van der Waals surface area (Å²) in [5, 5.41) is 3.23. The van der Waals surface area contributed by atoms with Crippen LogP contribution in [0.4, 0.5) is 5.69 Å². The molecule has 1 unspecified atom stereocenters. The molecule has 1 atom stereocenters. The summed E-state index contributed by atoms with van der Waals surface area (Å²) < 4.78 is 40.8. The smallest absolute Gasteiger partial charge is 0.357 e. The number of nitrogens with one attached hydrogen (secondary N) is 1. The molecular formula is C22H30NO7P. The van der Waals surface area contributed by atoms with E-state index in [0.717, 1.165) is 0 Å². The second-order valence-corrected chi connectivity index (χ2v) is 8.44. The first kappa shape index (κ1) is 24.7. The molecule has 0 saturated carbocycles. The topological polar surface area (TPSA) is 92.3 Å². The van der Waals surface area contributed by atoms with Crippen LogP contribution in [-0.4, -0.2) is 40.0 Å². The maximum absolute atomic E-state index is 13.7. The van der Waals surface area contributed by atoms with E-state index in [4.69, 9.17) is 23.3 Å². The Morgan fingerprint density at radius 1 is 0.935 bits per heavy atom. The number of hydrogen-bond donors (Lipinski definition) is 1. The van der Waals surface area contributed by atoms with Gasteiger partial charge >= 0.3 is 13.6 Å². The van der Waals surface area contributed by atoms with Crippen LogP contribution in [0.2, 0.25) is 0 Å². The van der Waals surface area contributed by atoms with Crippen LogP contribution < -0.4 is 14.8 Å². The highest BCUT2D eigenvalue weighted by Crippen LogP contribution is 2.62. The summed E-state index contributed by atoms with van der Waals surface area (Å²) in [7, 11) is -0.566. The van der Waals surface area contributed by atoms with Crippen molar-refractivity contribution in [2.45, 2.75) is 26.6 Å². The molecule has 0 bridgehead atoms. The molecule has 31 heavy (non-hydrogen) atoms. The van der Waals surface area contributed by atoms with Crippen molar-refractivity contribution in [1.82, 2.24) is 0 Å². The van der Waals surface area contributed by atoms with Crippen LogP contribution in [0.5, 0.6) is 11.5 Å². The van der Waals surface area contributed by atoms with Gasteiger partial charge in [-0.1, -0.05) is 0 Å². The van der Waals surface area contributed by atoms with Gasteiger partial charge in [0.15, 0.2) is 5.78 Å². The van der Waals surface area contributed by atoms with Crippen LogP contribution in [0.15, 0.2) is 42.5 Å². The maximum Gasteiger partial charge on any atom is 0.357 e. The Kier molecular flexibility index (Phi) is 9.37. The molecule has 0 radical (unpaired) electrons. The Hall–Kier alpha value is -2.54. The lowest BCUT2D eigenvalue weighted by atomic mass is 10.1. The van der Waals surface area contributed by atoms with Gasteiger partial charge in [-0.05, 0) is 57.2 Å². The Balaban J connectivity index is 2.48. The summed E-state index contributed by atoms with van der Waals surface area (Å²) in [4.78, 5) is 11.9. The molecule has 0 fully saturated rings. The van der Waals surface area contributed by atoms with Crippen molar-refractivity contribution in [3.63, 3.8) is 0 Å². The number of methoxy groups -OCH3 is 2. The van der Waals surface area contributed by atoms with Gasteiger partial charge in [0.25, 0.3) is 0 Å². The largest absolute Gasteiger partial charge is 0.497 e. The van der Waals surface area contributed by atoms with E-state index in [1.54, 1.807) is 70.3 Å². The van der Waals surface area contributed by atoms with E-state index in [2.05, 4.69) is 5.32 Å². The molecule has 2 aromatic rings. The molecule has 9 heteroatoms. The van der Waals surface area contributed by atoms with E-state index < -0.39 is 19.3 Å². The van der Waals surface area contributed by atoms with Crippen LogP contribution >= 0.6 is 7.60 Å². The maximum atomic E-state index is 13.7. The SMILES string of the molecule is CCOC(=O)c1ccc(NC(c2ccc(OC)cc2OC)P(=O)(OCC)OCC)cc1. The summed E-state index contributed by atoms with van der Waals surface area (Å²) in [5.74, 6) is -0.196. The molecule has 1 N–H and O–H groups in total. The van der Waals surface area contributed by atoms with Crippen molar-refractivity contribution in [2.24, 2.45) is 0 Å². The molecule has 0 spiro atoms. The normalized spacial score (nSPS) is 12.2. The van der Waals surface area contributed by atoms with Gasteiger partial charge < -0.3 is 28.6 Å². The number of rotatable bonds is 12. The lowest BCUT2D eigenvalue weighted by molar-refractivity contribution is 0.0526. The Morgan fingerprint density at radius 2 is 1.58 bits per heavy atom. The van der Waals surface area contributed by atoms with E-state index in [9.17, 15) is 9.36 Å². The zero-order valence-corrected chi connectivity index (χ0v) is 19.4. The van der Waals surface area contributed by atoms with Gasteiger partial charge in [-0.3, -0.25) is 4.57 Å². The van der Waals surface area contributed by atoms with Gasteiger partial charge in [0.05, 0.1) is 39.6 Å². The van der Waals surface area contributed by atoms with Crippen molar-refractivity contribution < 1.29 is 32.6 Å². The summed E-state index contributed by atoms with van der Waals surface area (Å²) in [6.07, 6.45) is 0. The number of carbonyl (C=O) groups excluding carboxylic acids is 1. The van der Waals surface area contributed by atoms with Gasteiger partial charge in [0.2, 0.25) is 0 Å². The van der Waals surface area contributed by atoms with Gasteiger partial charge in [-0.2, -0.15) is 0 Å². The lowest BCUT2D eigenvalue weighted by Gasteiger charge is -2.29. The first-order valence-electron chi connectivity index (χ1n) is 10.1. The zero-order chi connectivity index (χ0) is 22.9. The zero-order valence-electron chi connectivity index (χ0n) is 18.5. The molecule has 0 aliphatic rings. The number of hydrogen-bond acceptors (Lipinski definition) is 8.